The van der Waals surface area contributed by atoms with Gasteiger partial charge in [0.1, 0.15) is 6.17 Å². The Kier molecular flexibility index (Phi) is 2.67. The molecule has 0 fully saturated rings. The van der Waals surface area contributed by atoms with Crippen molar-refractivity contribution in [2.45, 2.75) is 32.9 Å². The minimum atomic E-state index is 0.314. The molecular weight excluding hydrogens is 184 g/mol. The van der Waals surface area contributed by atoms with Crippen molar-refractivity contribution in [1.29, 1.82) is 0 Å². The highest BCUT2D eigenvalue weighted by molar-refractivity contribution is 5.75. The lowest BCUT2D eigenvalue weighted by atomic mass is 10.1. The van der Waals surface area contributed by atoms with E-state index in [1.165, 1.54) is 22.5 Å². The first-order valence-electron chi connectivity index (χ1n) is 5.49. The fraction of sp³-hybridized carbons (Fsp3) is 0.385. The minimum absolute atomic E-state index is 0.314. The van der Waals surface area contributed by atoms with Crippen LogP contribution in [0.4, 0.5) is 11.4 Å². The average Bonchev–Trinajstić information content (AvgIpc) is 2.59. The Morgan fingerprint density at radius 2 is 2.07 bits per heavy atom. The van der Waals surface area contributed by atoms with Crippen LogP contribution in [-0.4, -0.2) is 6.17 Å². The van der Waals surface area contributed by atoms with Crippen LogP contribution in [-0.2, 0) is 0 Å². The van der Waals surface area contributed by atoms with Gasteiger partial charge in [-0.3, -0.25) is 0 Å². The zero-order chi connectivity index (χ0) is 10.8. The molecule has 1 aliphatic heterocycles. The predicted molar refractivity (Wildman–Crippen MR) is 66.3 cm³/mol. The van der Waals surface area contributed by atoms with Gasteiger partial charge in [0.15, 0.2) is 0 Å². The number of nitrogens with one attached hydrogen (secondary N) is 2. The summed E-state index contributed by atoms with van der Waals surface area (Å²) in [6.07, 6.45) is 2.36. The van der Waals surface area contributed by atoms with Crippen LogP contribution in [0.5, 0.6) is 0 Å². The van der Waals surface area contributed by atoms with Crippen LogP contribution < -0.4 is 10.6 Å². The molecule has 1 aliphatic rings. The summed E-state index contributed by atoms with van der Waals surface area (Å²) in [5.74, 6) is 0. The molecule has 80 valence electrons. The van der Waals surface area contributed by atoms with Crippen LogP contribution in [0.2, 0.25) is 0 Å². The zero-order valence-electron chi connectivity index (χ0n) is 9.43. The Morgan fingerprint density at radius 1 is 1.33 bits per heavy atom. The van der Waals surface area contributed by atoms with Gasteiger partial charge in [0.05, 0.1) is 11.4 Å². The summed E-state index contributed by atoms with van der Waals surface area (Å²) in [4.78, 5) is 0. The summed E-state index contributed by atoms with van der Waals surface area (Å²) >= 11 is 0. The van der Waals surface area contributed by atoms with Crippen LogP contribution in [0, 0.1) is 6.92 Å². The van der Waals surface area contributed by atoms with Gasteiger partial charge in [-0.05, 0) is 31.0 Å². The molecule has 0 aromatic heterocycles. The number of fused-ring (bicyclic) bond motifs is 1. The molecule has 0 radical (unpaired) electrons. The standard InChI is InChI=1S/C13H18N2/c1-4-9(2)8-13-14-11-6-5-10(3)7-12(11)15-13/h5-7,13-15H,2,4,8H2,1,3H3. The summed E-state index contributed by atoms with van der Waals surface area (Å²) in [6.45, 7) is 8.30. The van der Waals surface area contributed by atoms with Crippen molar-refractivity contribution in [2.24, 2.45) is 0 Å². The molecule has 1 aromatic carbocycles. The molecule has 1 unspecified atom stereocenters. The number of aryl methyl sites for hydroxylation is 1. The molecule has 1 aromatic rings. The van der Waals surface area contributed by atoms with Crippen molar-refractivity contribution < 1.29 is 0 Å². The lowest BCUT2D eigenvalue weighted by molar-refractivity contribution is 0.795. The first kappa shape index (κ1) is 10.1. The molecule has 2 rings (SSSR count). The normalized spacial score (nSPS) is 17.9. The molecule has 0 saturated heterocycles. The molecule has 2 heteroatoms. The summed E-state index contributed by atoms with van der Waals surface area (Å²) in [6, 6.07) is 6.44. The monoisotopic (exact) mass is 202 g/mol. The molecule has 15 heavy (non-hydrogen) atoms. The highest BCUT2D eigenvalue weighted by Gasteiger charge is 2.19. The smallest absolute Gasteiger partial charge is 0.100 e. The summed E-state index contributed by atoms with van der Waals surface area (Å²) in [5.41, 5.74) is 4.99. The first-order chi connectivity index (χ1) is 7.19. The van der Waals surface area contributed by atoms with E-state index in [0.29, 0.717) is 6.17 Å². The van der Waals surface area contributed by atoms with Gasteiger partial charge in [-0.15, -0.1) is 0 Å². The summed E-state index contributed by atoms with van der Waals surface area (Å²) in [7, 11) is 0. The molecule has 0 bridgehead atoms. The fourth-order valence-electron chi connectivity index (χ4n) is 1.85. The van der Waals surface area contributed by atoms with Gasteiger partial charge < -0.3 is 10.6 Å². The van der Waals surface area contributed by atoms with Gasteiger partial charge in [-0.25, -0.2) is 0 Å². The molecule has 0 spiro atoms. The largest absolute Gasteiger partial charge is 0.363 e. The third-order valence-corrected chi connectivity index (χ3v) is 2.83. The van der Waals surface area contributed by atoms with Crippen molar-refractivity contribution in [2.75, 3.05) is 10.6 Å². The Bertz CT molecular complexity index is 382. The highest BCUT2D eigenvalue weighted by atomic mass is 15.2. The van der Waals surface area contributed by atoms with Gasteiger partial charge in [0.2, 0.25) is 0 Å². The van der Waals surface area contributed by atoms with Crippen molar-refractivity contribution in [3.63, 3.8) is 0 Å². The highest BCUT2D eigenvalue weighted by Crippen LogP contribution is 2.31. The van der Waals surface area contributed by atoms with E-state index >= 15 is 0 Å². The van der Waals surface area contributed by atoms with Crippen molar-refractivity contribution >= 4 is 11.4 Å². The number of anilines is 2. The molecule has 1 heterocycles. The Labute approximate surface area is 91.4 Å². The van der Waals surface area contributed by atoms with Crippen LogP contribution >= 0.6 is 0 Å². The van der Waals surface area contributed by atoms with Gasteiger partial charge in [-0.2, -0.15) is 0 Å². The minimum Gasteiger partial charge on any atom is -0.363 e. The number of hydrogen-bond acceptors (Lipinski definition) is 2. The van der Waals surface area contributed by atoms with Gasteiger partial charge >= 0.3 is 0 Å². The third-order valence-electron chi connectivity index (χ3n) is 2.83. The average molecular weight is 202 g/mol. The molecule has 2 nitrogen and oxygen atoms in total. The molecule has 0 saturated carbocycles. The van der Waals surface area contributed by atoms with Crippen LogP contribution in [0.15, 0.2) is 30.4 Å². The molecule has 0 aliphatic carbocycles. The van der Waals surface area contributed by atoms with Gasteiger partial charge in [-0.1, -0.05) is 25.1 Å². The van der Waals surface area contributed by atoms with E-state index in [1.807, 2.05) is 0 Å². The van der Waals surface area contributed by atoms with E-state index < -0.39 is 0 Å². The maximum atomic E-state index is 4.04. The quantitative estimate of drug-likeness (QED) is 0.733. The van der Waals surface area contributed by atoms with Crippen molar-refractivity contribution in [3.05, 3.63) is 35.9 Å². The Hall–Kier alpha value is -1.44. The van der Waals surface area contributed by atoms with E-state index in [0.717, 1.165) is 12.8 Å². The Balaban J connectivity index is 2.06. The van der Waals surface area contributed by atoms with E-state index in [4.69, 9.17) is 0 Å². The van der Waals surface area contributed by atoms with Gasteiger partial charge in [0, 0.05) is 6.42 Å². The second-order valence-electron chi connectivity index (χ2n) is 4.20. The number of rotatable bonds is 3. The lowest BCUT2D eigenvalue weighted by Gasteiger charge is -2.12. The van der Waals surface area contributed by atoms with Crippen LogP contribution in [0.25, 0.3) is 0 Å². The topological polar surface area (TPSA) is 24.1 Å². The number of hydrogen-bond donors (Lipinski definition) is 2. The summed E-state index contributed by atoms with van der Waals surface area (Å²) in [5, 5.41) is 6.92. The van der Waals surface area contributed by atoms with E-state index in [-0.39, 0.29) is 0 Å². The van der Waals surface area contributed by atoms with Crippen molar-refractivity contribution in [1.82, 2.24) is 0 Å². The van der Waals surface area contributed by atoms with Crippen LogP contribution in [0.3, 0.4) is 0 Å². The SMILES string of the molecule is C=C(CC)CC1Nc2ccc(C)cc2N1. The van der Waals surface area contributed by atoms with Gasteiger partial charge in [0.25, 0.3) is 0 Å². The van der Waals surface area contributed by atoms with Crippen molar-refractivity contribution in [3.8, 4) is 0 Å². The molecular formula is C13H18N2. The predicted octanol–water partition coefficient (Wildman–Crippen LogP) is 3.51. The van der Waals surface area contributed by atoms with E-state index in [2.05, 4.69) is 49.3 Å². The second kappa shape index (κ2) is 3.97. The lowest BCUT2D eigenvalue weighted by Crippen LogP contribution is -2.22. The molecule has 1 atom stereocenters. The zero-order valence-corrected chi connectivity index (χ0v) is 9.43. The first-order valence-corrected chi connectivity index (χ1v) is 5.49. The maximum absolute atomic E-state index is 4.04. The maximum Gasteiger partial charge on any atom is 0.100 e. The van der Waals surface area contributed by atoms with E-state index in [9.17, 15) is 0 Å². The van der Waals surface area contributed by atoms with Crippen LogP contribution in [0.1, 0.15) is 25.3 Å². The fourth-order valence-corrected chi connectivity index (χ4v) is 1.85. The number of benzene rings is 1. The van der Waals surface area contributed by atoms with E-state index in [1.54, 1.807) is 0 Å². The summed E-state index contributed by atoms with van der Waals surface area (Å²) < 4.78 is 0. The second-order valence-corrected chi connectivity index (χ2v) is 4.20. The molecule has 0 amide bonds. The Morgan fingerprint density at radius 3 is 2.80 bits per heavy atom. The third kappa shape index (κ3) is 2.14. The molecule has 2 N–H and O–H groups in total.